The Balaban J connectivity index is 1.57. The van der Waals surface area contributed by atoms with Gasteiger partial charge in [-0.3, -0.25) is 4.79 Å². The van der Waals surface area contributed by atoms with Crippen LogP contribution in [-0.4, -0.2) is 36.6 Å². The highest BCUT2D eigenvalue weighted by atomic mass is 16.2. The summed E-state index contributed by atoms with van der Waals surface area (Å²) in [6.45, 7) is 5.30. The fourth-order valence-corrected chi connectivity index (χ4v) is 3.31. The summed E-state index contributed by atoms with van der Waals surface area (Å²) in [5.41, 5.74) is 0.783. The van der Waals surface area contributed by atoms with Gasteiger partial charge in [0.05, 0.1) is 17.9 Å². The summed E-state index contributed by atoms with van der Waals surface area (Å²) < 4.78 is 0. The van der Waals surface area contributed by atoms with E-state index >= 15 is 0 Å². The third kappa shape index (κ3) is 3.77. The van der Waals surface area contributed by atoms with Crippen LogP contribution in [0.5, 0.6) is 0 Å². The molecule has 0 spiro atoms. The first kappa shape index (κ1) is 15.3. The van der Waals surface area contributed by atoms with E-state index < -0.39 is 0 Å². The molecule has 5 heteroatoms. The van der Waals surface area contributed by atoms with Gasteiger partial charge < -0.3 is 15.5 Å². The zero-order valence-corrected chi connectivity index (χ0v) is 13.3. The number of rotatable bonds is 3. The van der Waals surface area contributed by atoms with Crippen LogP contribution in [0.4, 0.5) is 11.5 Å². The predicted molar refractivity (Wildman–Crippen MR) is 89.1 cm³/mol. The smallest absolute Gasteiger partial charge is 0.241 e. The number of piperidine rings is 2. The van der Waals surface area contributed by atoms with E-state index in [0.717, 1.165) is 44.0 Å². The van der Waals surface area contributed by atoms with Crippen molar-refractivity contribution in [3.8, 4) is 0 Å². The van der Waals surface area contributed by atoms with Crippen molar-refractivity contribution in [2.45, 2.75) is 45.1 Å². The van der Waals surface area contributed by atoms with Crippen molar-refractivity contribution in [3.63, 3.8) is 0 Å². The van der Waals surface area contributed by atoms with E-state index in [4.69, 9.17) is 0 Å². The van der Waals surface area contributed by atoms with Crippen LogP contribution in [0.1, 0.15) is 39.0 Å². The average Bonchev–Trinajstić information content (AvgIpc) is 2.56. The molecule has 0 aromatic carbocycles. The standard InChI is InChI=1S/C17H26N4O/c1-13-7-8-18-15(11-13)17(22)20-14-5-6-16(19-12-14)21-9-3-2-4-10-21/h5-6,12-13,15,18H,2-4,7-11H2,1H3,(H,20,22). The average molecular weight is 302 g/mol. The first-order chi connectivity index (χ1) is 10.7. The van der Waals surface area contributed by atoms with Crippen LogP contribution in [0.15, 0.2) is 18.3 Å². The first-order valence-corrected chi connectivity index (χ1v) is 8.47. The second-order valence-corrected chi connectivity index (χ2v) is 6.58. The predicted octanol–water partition coefficient (Wildman–Crippen LogP) is 2.40. The van der Waals surface area contributed by atoms with Gasteiger partial charge in [-0.25, -0.2) is 4.98 Å². The van der Waals surface area contributed by atoms with Gasteiger partial charge >= 0.3 is 0 Å². The van der Waals surface area contributed by atoms with Gasteiger partial charge in [0, 0.05) is 13.1 Å². The molecule has 2 N–H and O–H groups in total. The second kappa shape index (κ2) is 7.09. The number of amides is 1. The minimum Gasteiger partial charge on any atom is -0.357 e. The maximum atomic E-state index is 12.3. The number of pyridine rings is 1. The zero-order valence-electron chi connectivity index (χ0n) is 13.3. The van der Waals surface area contributed by atoms with Gasteiger partial charge in [-0.1, -0.05) is 6.92 Å². The fourth-order valence-electron chi connectivity index (χ4n) is 3.31. The Kier molecular flexibility index (Phi) is 4.93. The molecule has 3 heterocycles. The Bertz CT molecular complexity index is 496. The molecular formula is C17H26N4O. The quantitative estimate of drug-likeness (QED) is 0.900. The van der Waals surface area contributed by atoms with Crippen molar-refractivity contribution in [3.05, 3.63) is 18.3 Å². The SMILES string of the molecule is CC1CCNC(C(=O)Nc2ccc(N3CCCCC3)nc2)C1. The Morgan fingerprint density at radius 1 is 1.32 bits per heavy atom. The summed E-state index contributed by atoms with van der Waals surface area (Å²) in [7, 11) is 0. The van der Waals surface area contributed by atoms with Crippen LogP contribution >= 0.6 is 0 Å². The molecule has 2 atom stereocenters. The molecule has 22 heavy (non-hydrogen) atoms. The summed E-state index contributed by atoms with van der Waals surface area (Å²) in [5, 5.41) is 6.27. The number of carbonyl (C=O) groups is 1. The second-order valence-electron chi connectivity index (χ2n) is 6.58. The van der Waals surface area contributed by atoms with E-state index in [1.807, 2.05) is 12.1 Å². The highest BCUT2D eigenvalue weighted by Gasteiger charge is 2.24. The molecule has 1 aromatic rings. The van der Waals surface area contributed by atoms with Crippen LogP contribution < -0.4 is 15.5 Å². The summed E-state index contributed by atoms with van der Waals surface area (Å²) in [6.07, 6.45) is 7.63. The maximum Gasteiger partial charge on any atom is 0.241 e. The molecule has 2 fully saturated rings. The largest absolute Gasteiger partial charge is 0.357 e. The van der Waals surface area contributed by atoms with E-state index in [0.29, 0.717) is 5.92 Å². The Labute approximate surface area is 132 Å². The highest BCUT2D eigenvalue weighted by Crippen LogP contribution is 2.20. The van der Waals surface area contributed by atoms with Crippen LogP contribution in [0, 0.1) is 5.92 Å². The van der Waals surface area contributed by atoms with Crippen LogP contribution in [0.3, 0.4) is 0 Å². The molecule has 2 saturated heterocycles. The molecule has 120 valence electrons. The lowest BCUT2D eigenvalue weighted by atomic mass is 9.94. The lowest BCUT2D eigenvalue weighted by molar-refractivity contribution is -0.119. The van der Waals surface area contributed by atoms with Crippen molar-refractivity contribution in [1.29, 1.82) is 0 Å². The molecule has 1 aromatic heterocycles. The molecule has 1 amide bonds. The van der Waals surface area contributed by atoms with Crippen molar-refractivity contribution in [2.75, 3.05) is 29.9 Å². The number of nitrogens with one attached hydrogen (secondary N) is 2. The van der Waals surface area contributed by atoms with Crippen molar-refractivity contribution < 1.29 is 4.79 Å². The number of hydrogen-bond donors (Lipinski definition) is 2. The van der Waals surface area contributed by atoms with E-state index in [1.54, 1.807) is 6.20 Å². The van der Waals surface area contributed by atoms with E-state index in [1.165, 1.54) is 19.3 Å². The lowest BCUT2D eigenvalue weighted by Crippen LogP contribution is -2.45. The Hall–Kier alpha value is -1.62. The lowest BCUT2D eigenvalue weighted by Gasteiger charge is -2.28. The third-order valence-corrected chi connectivity index (χ3v) is 4.68. The van der Waals surface area contributed by atoms with E-state index in [2.05, 4.69) is 27.4 Å². The molecule has 0 aliphatic carbocycles. The topological polar surface area (TPSA) is 57.3 Å². The highest BCUT2D eigenvalue weighted by molar-refractivity contribution is 5.94. The summed E-state index contributed by atoms with van der Waals surface area (Å²) in [6, 6.07) is 3.89. The molecule has 2 unspecified atom stereocenters. The number of anilines is 2. The monoisotopic (exact) mass is 302 g/mol. The van der Waals surface area contributed by atoms with E-state index in [9.17, 15) is 4.79 Å². The number of carbonyl (C=O) groups excluding carboxylic acids is 1. The molecule has 0 radical (unpaired) electrons. The van der Waals surface area contributed by atoms with Gasteiger partial charge in [-0.15, -0.1) is 0 Å². The number of nitrogens with zero attached hydrogens (tertiary/aromatic N) is 2. The van der Waals surface area contributed by atoms with Crippen LogP contribution in [-0.2, 0) is 4.79 Å². The Morgan fingerprint density at radius 3 is 2.82 bits per heavy atom. The third-order valence-electron chi connectivity index (χ3n) is 4.68. The van der Waals surface area contributed by atoms with Crippen LogP contribution in [0.25, 0.3) is 0 Å². The fraction of sp³-hybridized carbons (Fsp3) is 0.647. The van der Waals surface area contributed by atoms with E-state index in [-0.39, 0.29) is 11.9 Å². The van der Waals surface area contributed by atoms with Crippen molar-refractivity contribution in [1.82, 2.24) is 10.3 Å². The molecule has 2 aliphatic rings. The molecule has 0 bridgehead atoms. The first-order valence-electron chi connectivity index (χ1n) is 8.47. The molecular weight excluding hydrogens is 276 g/mol. The van der Waals surface area contributed by atoms with Crippen molar-refractivity contribution in [2.24, 2.45) is 5.92 Å². The van der Waals surface area contributed by atoms with Gasteiger partial charge in [0.2, 0.25) is 5.91 Å². The summed E-state index contributed by atoms with van der Waals surface area (Å²) in [5.74, 6) is 1.68. The number of aromatic nitrogens is 1. The van der Waals surface area contributed by atoms with Gasteiger partial charge in [-0.2, -0.15) is 0 Å². The van der Waals surface area contributed by atoms with Crippen LogP contribution in [0.2, 0.25) is 0 Å². The maximum absolute atomic E-state index is 12.3. The normalized spacial score (nSPS) is 25.8. The van der Waals surface area contributed by atoms with Gasteiger partial charge in [0.25, 0.3) is 0 Å². The summed E-state index contributed by atoms with van der Waals surface area (Å²) in [4.78, 5) is 19.1. The molecule has 3 rings (SSSR count). The minimum absolute atomic E-state index is 0.0547. The molecule has 5 nitrogen and oxygen atoms in total. The van der Waals surface area contributed by atoms with Crippen molar-refractivity contribution >= 4 is 17.4 Å². The zero-order chi connectivity index (χ0) is 15.4. The van der Waals surface area contributed by atoms with Gasteiger partial charge in [0.1, 0.15) is 5.82 Å². The minimum atomic E-state index is -0.0782. The number of hydrogen-bond acceptors (Lipinski definition) is 4. The molecule has 0 saturated carbocycles. The summed E-state index contributed by atoms with van der Waals surface area (Å²) >= 11 is 0. The van der Waals surface area contributed by atoms with Gasteiger partial charge in [-0.05, 0) is 56.7 Å². The Morgan fingerprint density at radius 2 is 2.14 bits per heavy atom. The van der Waals surface area contributed by atoms with Gasteiger partial charge in [0.15, 0.2) is 0 Å². The molecule has 2 aliphatic heterocycles.